The van der Waals surface area contributed by atoms with Gasteiger partial charge in [-0.1, -0.05) is 36.4 Å². The van der Waals surface area contributed by atoms with Crippen LogP contribution in [0.25, 0.3) is 22.8 Å². The van der Waals surface area contributed by atoms with Gasteiger partial charge in [-0.2, -0.15) is 0 Å². The Labute approximate surface area is 157 Å². The van der Waals surface area contributed by atoms with Gasteiger partial charge in [-0.15, -0.1) is 0 Å². The number of rotatable bonds is 4. The molecule has 5 nitrogen and oxygen atoms in total. The molecule has 0 spiro atoms. The average Bonchev–Trinajstić information content (AvgIpc) is 3.15. The fraction of sp³-hybridized carbons (Fsp3) is 0.0500. The van der Waals surface area contributed by atoms with Crippen molar-refractivity contribution in [3.8, 4) is 28.5 Å². The van der Waals surface area contributed by atoms with Crippen molar-refractivity contribution in [3.05, 3.63) is 84.9 Å². The predicted molar refractivity (Wildman–Crippen MR) is 94.9 cm³/mol. The maximum Gasteiger partial charge on any atom is 0.340 e. The summed E-state index contributed by atoms with van der Waals surface area (Å²) >= 11 is 0. The molecule has 1 aromatic heterocycles. The fourth-order valence-corrected chi connectivity index (χ4v) is 2.60. The molecule has 0 saturated carbocycles. The number of nitrogens with zero attached hydrogens (tertiary/aromatic N) is 4. The van der Waals surface area contributed by atoms with Crippen LogP contribution in [0.4, 0.5) is 0 Å². The van der Waals surface area contributed by atoms with E-state index in [9.17, 15) is 0 Å². The van der Waals surface area contributed by atoms with E-state index in [1.165, 1.54) is 0 Å². The molecule has 0 unspecified atom stereocenters. The maximum atomic E-state index is 5.24. The molecule has 4 aromatic rings. The van der Waals surface area contributed by atoms with Crippen LogP contribution in [-0.4, -0.2) is 22.1 Å². The first-order valence-electron chi connectivity index (χ1n) is 8.00. The van der Waals surface area contributed by atoms with Gasteiger partial charge in [-0.3, -0.25) is 0 Å². The molecule has 0 aliphatic carbocycles. The van der Waals surface area contributed by atoms with E-state index >= 15 is 0 Å². The Hall–Kier alpha value is -3.18. The third-order valence-corrected chi connectivity index (χ3v) is 3.88. The topological polar surface area (TPSA) is 43.8 Å². The van der Waals surface area contributed by atoms with Crippen LogP contribution in [0.5, 0.6) is 5.75 Å². The second-order valence-electron chi connectivity index (χ2n) is 5.50. The van der Waals surface area contributed by atoms with Crippen molar-refractivity contribution in [1.82, 2.24) is 15.0 Å². The van der Waals surface area contributed by atoms with Crippen LogP contribution in [0.1, 0.15) is 0 Å². The number of hydrogen-bond donors (Lipinski definition) is 0. The molecule has 3 aromatic carbocycles. The Morgan fingerprint density at radius 3 is 2.04 bits per heavy atom. The smallest absolute Gasteiger partial charge is 0.340 e. The van der Waals surface area contributed by atoms with E-state index in [0.717, 1.165) is 22.7 Å². The number of ether oxygens (including phenoxy) is 1. The lowest BCUT2D eigenvalue weighted by atomic mass is 10.2. The molecule has 130 valence electrons. The molecule has 0 saturated heterocycles. The first-order chi connectivity index (χ1) is 12.3. The third-order valence-electron chi connectivity index (χ3n) is 3.88. The molecule has 0 aliphatic heterocycles. The molecule has 0 bridgehead atoms. The lowest BCUT2D eigenvalue weighted by Crippen LogP contribution is -3.00. The van der Waals surface area contributed by atoms with Gasteiger partial charge >= 0.3 is 5.82 Å². The van der Waals surface area contributed by atoms with E-state index in [1.54, 1.807) is 16.7 Å². The van der Waals surface area contributed by atoms with Crippen molar-refractivity contribution in [2.75, 3.05) is 7.11 Å². The summed E-state index contributed by atoms with van der Waals surface area (Å²) in [6, 6.07) is 27.7. The van der Waals surface area contributed by atoms with Crippen LogP contribution < -0.4 is 21.9 Å². The Kier molecular flexibility index (Phi) is 5.29. The van der Waals surface area contributed by atoms with Crippen LogP contribution in [0.2, 0.25) is 0 Å². The minimum absolute atomic E-state index is 0. The fourth-order valence-electron chi connectivity index (χ4n) is 2.60. The molecule has 1 heterocycles. The molecule has 0 radical (unpaired) electrons. The standard InChI is InChI=1S/C20H17N4O.ClH/c1-25-19-14-12-18(13-15-19)24-22-20(16-8-4-2-5-9-16)21-23(24)17-10-6-3-7-11-17;/h2-15H,1H3;1H/q+1;/p-1. The first-order valence-corrected chi connectivity index (χ1v) is 8.00. The number of para-hydroxylation sites is 1. The van der Waals surface area contributed by atoms with Gasteiger partial charge in [0.15, 0.2) is 5.69 Å². The van der Waals surface area contributed by atoms with Crippen molar-refractivity contribution in [3.63, 3.8) is 0 Å². The molecular formula is C20H17ClN4O. The number of benzene rings is 3. The minimum Gasteiger partial charge on any atom is -1.00 e. The normalized spacial score (nSPS) is 10.2. The Balaban J connectivity index is 0.00000196. The number of methoxy groups -OCH3 is 1. The van der Waals surface area contributed by atoms with Crippen molar-refractivity contribution in [2.24, 2.45) is 0 Å². The van der Waals surface area contributed by atoms with E-state index < -0.39 is 0 Å². The summed E-state index contributed by atoms with van der Waals surface area (Å²) in [7, 11) is 1.65. The second kappa shape index (κ2) is 7.80. The summed E-state index contributed by atoms with van der Waals surface area (Å²) in [5.41, 5.74) is 2.81. The van der Waals surface area contributed by atoms with Gasteiger partial charge in [0, 0.05) is 4.80 Å². The summed E-state index contributed by atoms with van der Waals surface area (Å²) < 4.78 is 5.24. The van der Waals surface area contributed by atoms with Gasteiger partial charge in [0.05, 0.1) is 17.8 Å². The van der Waals surface area contributed by atoms with Crippen LogP contribution in [0.15, 0.2) is 84.9 Å². The summed E-state index contributed by atoms with van der Waals surface area (Å²) in [6.07, 6.45) is 0. The van der Waals surface area contributed by atoms with Crippen LogP contribution >= 0.6 is 0 Å². The van der Waals surface area contributed by atoms with E-state index in [1.807, 2.05) is 84.9 Å². The Morgan fingerprint density at radius 2 is 1.42 bits per heavy atom. The molecule has 4 rings (SSSR count). The van der Waals surface area contributed by atoms with E-state index in [-0.39, 0.29) is 12.4 Å². The van der Waals surface area contributed by atoms with E-state index in [4.69, 9.17) is 14.9 Å². The van der Waals surface area contributed by atoms with Gasteiger partial charge in [0.1, 0.15) is 11.4 Å². The lowest BCUT2D eigenvalue weighted by Gasteiger charge is -2.01. The van der Waals surface area contributed by atoms with Crippen molar-refractivity contribution in [2.45, 2.75) is 0 Å². The second-order valence-corrected chi connectivity index (χ2v) is 5.50. The zero-order valence-electron chi connectivity index (χ0n) is 14.2. The van der Waals surface area contributed by atoms with Gasteiger partial charge < -0.3 is 17.1 Å². The number of tetrazole rings is 1. The molecule has 0 N–H and O–H groups in total. The zero-order valence-corrected chi connectivity index (χ0v) is 14.9. The SMILES string of the molecule is COc1ccc(-[n+]2nc(-c3ccccc3)nn2-c2ccccc2)cc1.[Cl-]. The molecule has 0 fully saturated rings. The van der Waals surface area contributed by atoms with E-state index in [0.29, 0.717) is 5.82 Å². The lowest BCUT2D eigenvalue weighted by molar-refractivity contribution is -0.734. The molecule has 0 amide bonds. The monoisotopic (exact) mass is 364 g/mol. The molecule has 0 aliphatic rings. The first kappa shape index (κ1) is 17.6. The molecular weight excluding hydrogens is 348 g/mol. The average molecular weight is 365 g/mol. The van der Waals surface area contributed by atoms with Crippen LogP contribution in [0.3, 0.4) is 0 Å². The summed E-state index contributed by atoms with van der Waals surface area (Å²) in [5, 5.41) is 9.42. The quantitative estimate of drug-likeness (QED) is 0.487. The summed E-state index contributed by atoms with van der Waals surface area (Å²) in [6.45, 7) is 0. The van der Waals surface area contributed by atoms with Crippen LogP contribution in [0, 0.1) is 0 Å². The van der Waals surface area contributed by atoms with E-state index in [2.05, 4.69) is 0 Å². The number of aromatic nitrogens is 4. The minimum atomic E-state index is 0. The summed E-state index contributed by atoms with van der Waals surface area (Å²) in [4.78, 5) is 3.58. The third kappa shape index (κ3) is 3.43. The highest BCUT2D eigenvalue weighted by Gasteiger charge is 2.23. The van der Waals surface area contributed by atoms with Gasteiger partial charge in [0.25, 0.3) is 0 Å². The van der Waals surface area contributed by atoms with Crippen molar-refractivity contribution < 1.29 is 21.9 Å². The maximum absolute atomic E-state index is 5.24. The largest absolute Gasteiger partial charge is 1.00 e. The van der Waals surface area contributed by atoms with Gasteiger partial charge in [-0.05, 0) is 58.4 Å². The van der Waals surface area contributed by atoms with Crippen molar-refractivity contribution >= 4 is 0 Å². The zero-order chi connectivity index (χ0) is 17.1. The Morgan fingerprint density at radius 1 is 0.808 bits per heavy atom. The number of halogens is 1. The van der Waals surface area contributed by atoms with Gasteiger partial charge in [0.2, 0.25) is 0 Å². The summed E-state index contributed by atoms with van der Waals surface area (Å²) in [5.74, 6) is 1.47. The molecule has 0 atom stereocenters. The predicted octanol–water partition coefficient (Wildman–Crippen LogP) is 0.224. The highest BCUT2D eigenvalue weighted by molar-refractivity contribution is 5.53. The molecule has 26 heavy (non-hydrogen) atoms. The van der Waals surface area contributed by atoms with Crippen LogP contribution in [-0.2, 0) is 0 Å². The highest BCUT2D eigenvalue weighted by Crippen LogP contribution is 2.16. The molecule has 6 heteroatoms. The number of hydrogen-bond acceptors (Lipinski definition) is 3. The van der Waals surface area contributed by atoms with Gasteiger partial charge in [-0.25, -0.2) is 0 Å². The highest BCUT2D eigenvalue weighted by atomic mass is 35.5. The Bertz CT molecular complexity index is 970. The van der Waals surface area contributed by atoms with Crippen molar-refractivity contribution in [1.29, 1.82) is 0 Å².